The lowest BCUT2D eigenvalue weighted by Crippen LogP contribution is -2.45. The Bertz CT molecular complexity index is 1380. The molecular formula is C30H32ClFN2O4Si. The first-order chi connectivity index (χ1) is 18.6. The van der Waals surface area contributed by atoms with Crippen LogP contribution < -0.4 is 10.2 Å². The van der Waals surface area contributed by atoms with Gasteiger partial charge < -0.3 is 24.2 Å². The number of fused-ring (bicyclic) bond motifs is 2. The molecule has 0 bridgehead atoms. The minimum atomic E-state index is -3.26. The van der Waals surface area contributed by atoms with Crippen LogP contribution in [0.25, 0.3) is 0 Å². The summed E-state index contributed by atoms with van der Waals surface area (Å²) in [5, 5.41) is 13.0. The van der Waals surface area contributed by atoms with Crippen molar-refractivity contribution < 1.29 is 23.5 Å². The number of hydrogen-bond donors (Lipinski definition) is 2. The van der Waals surface area contributed by atoms with E-state index in [0.717, 1.165) is 5.56 Å². The van der Waals surface area contributed by atoms with Crippen molar-refractivity contribution in [2.24, 2.45) is 5.92 Å². The average Bonchev–Trinajstić information content (AvgIpc) is 3.32. The number of benzene rings is 3. The third-order valence-corrected chi connectivity index (χ3v) is 10.6. The van der Waals surface area contributed by atoms with E-state index in [1.54, 1.807) is 60.5 Å². The Balaban J connectivity index is 1.43. The van der Waals surface area contributed by atoms with Gasteiger partial charge in [0.05, 0.1) is 18.3 Å². The molecule has 3 aromatic carbocycles. The summed E-state index contributed by atoms with van der Waals surface area (Å²) in [4.78, 5) is 28.4. The summed E-state index contributed by atoms with van der Waals surface area (Å²) in [6.45, 7) is 5.27. The molecule has 0 radical (unpaired) electrons. The second-order valence-corrected chi connectivity index (χ2v) is 15.1. The van der Waals surface area contributed by atoms with Gasteiger partial charge in [0.25, 0.3) is 11.8 Å². The predicted molar refractivity (Wildman–Crippen MR) is 153 cm³/mol. The van der Waals surface area contributed by atoms with E-state index in [9.17, 15) is 14.7 Å². The lowest BCUT2D eigenvalue weighted by molar-refractivity contribution is -0.146. The highest BCUT2D eigenvalue weighted by molar-refractivity contribution is 6.72. The molecule has 204 valence electrons. The Morgan fingerprint density at radius 2 is 1.82 bits per heavy atom. The molecule has 0 aliphatic carbocycles. The number of nitrogens with one attached hydrogen (secondary N) is 1. The monoisotopic (exact) mass is 566 g/mol. The highest BCUT2D eigenvalue weighted by Gasteiger charge is 2.66. The quantitative estimate of drug-likeness (QED) is 0.260. The zero-order valence-corrected chi connectivity index (χ0v) is 23.9. The molecular weight excluding hydrogens is 535 g/mol. The third kappa shape index (κ3) is 4.91. The number of ether oxygens (including phenoxy) is 1. The Kier molecular flexibility index (Phi) is 7.41. The van der Waals surface area contributed by atoms with E-state index in [1.807, 2.05) is 37.3 Å². The normalized spacial score (nSPS) is 24.3. The Morgan fingerprint density at radius 3 is 2.46 bits per heavy atom. The first-order valence-corrected chi connectivity index (χ1v) is 16.4. The van der Waals surface area contributed by atoms with Gasteiger partial charge in [0.2, 0.25) is 8.41 Å². The number of hydrogen-bond acceptors (Lipinski definition) is 4. The Morgan fingerprint density at radius 1 is 1.13 bits per heavy atom. The van der Waals surface area contributed by atoms with Crippen LogP contribution in [0.5, 0.6) is 0 Å². The number of nitrogens with zero attached hydrogens (tertiary/aromatic N) is 1. The van der Waals surface area contributed by atoms with Gasteiger partial charge in [0.15, 0.2) is 5.60 Å². The molecule has 9 heteroatoms. The highest BCUT2D eigenvalue weighted by Crippen LogP contribution is 2.60. The zero-order chi connectivity index (χ0) is 27.9. The van der Waals surface area contributed by atoms with Crippen LogP contribution in [0.2, 0.25) is 23.7 Å². The van der Waals surface area contributed by atoms with E-state index in [0.29, 0.717) is 27.5 Å². The molecule has 1 saturated heterocycles. The van der Waals surface area contributed by atoms with Crippen LogP contribution in [0.4, 0.5) is 15.5 Å². The molecule has 39 heavy (non-hydrogen) atoms. The van der Waals surface area contributed by atoms with Crippen LogP contribution >= 0.6 is 11.6 Å². The SMILES string of the molecule is C[C@H]1[C@H]([Si](C)(C)F)[C@@H](CCO)O[C@]12C(=O)N(Cc1ccc(NC(=O)c3ccccc3)cc1)c1ccc(Cl)cc12. The van der Waals surface area contributed by atoms with Crippen molar-refractivity contribution in [1.29, 1.82) is 0 Å². The fourth-order valence-corrected chi connectivity index (χ4v) is 8.96. The van der Waals surface area contributed by atoms with Gasteiger partial charge >= 0.3 is 0 Å². The van der Waals surface area contributed by atoms with Gasteiger partial charge in [0.1, 0.15) is 0 Å². The summed E-state index contributed by atoms with van der Waals surface area (Å²) in [6, 6.07) is 21.6. The smallest absolute Gasteiger partial charge is 0.264 e. The minimum Gasteiger partial charge on any atom is -0.396 e. The maximum atomic E-state index is 15.6. The van der Waals surface area contributed by atoms with Crippen molar-refractivity contribution in [1.82, 2.24) is 0 Å². The number of carbonyl (C=O) groups is 2. The van der Waals surface area contributed by atoms with Gasteiger partial charge in [-0.2, -0.15) is 0 Å². The summed E-state index contributed by atoms with van der Waals surface area (Å²) in [6.07, 6.45) is -0.309. The maximum absolute atomic E-state index is 15.6. The summed E-state index contributed by atoms with van der Waals surface area (Å²) >= 11 is 6.39. The average molecular weight is 567 g/mol. The van der Waals surface area contributed by atoms with Gasteiger partial charge in [-0.3, -0.25) is 9.59 Å². The summed E-state index contributed by atoms with van der Waals surface area (Å²) in [7, 11) is -3.26. The van der Waals surface area contributed by atoms with Crippen molar-refractivity contribution in [3.05, 3.63) is 94.5 Å². The van der Waals surface area contributed by atoms with Crippen molar-refractivity contribution >= 4 is 43.2 Å². The van der Waals surface area contributed by atoms with Crippen molar-refractivity contribution in [3.63, 3.8) is 0 Å². The molecule has 2 N–H and O–H groups in total. The molecule has 5 rings (SSSR count). The molecule has 2 aliphatic heterocycles. The van der Waals surface area contributed by atoms with Gasteiger partial charge in [-0.15, -0.1) is 0 Å². The fourth-order valence-electron chi connectivity index (χ4n) is 6.24. The summed E-state index contributed by atoms with van der Waals surface area (Å²) in [5.74, 6) is -0.895. The number of carbonyl (C=O) groups excluding carboxylic acids is 2. The van der Waals surface area contributed by atoms with Gasteiger partial charge in [-0.25, -0.2) is 0 Å². The first kappa shape index (κ1) is 27.5. The van der Waals surface area contributed by atoms with Crippen LogP contribution in [0.1, 0.15) is 34.8 Å². The van der Waals surface area contributed by atoms with Crippen molar-refractivity contribution in [2.45, 2.75) is 50.2 Å². The minimum absolute atomic E-state index is 0.151. The van der Waals surface area contributed by atoms with Gasteiger partial charge in [0, 0.05) is 39.9 Å². The molecule has 3 aromatic rings. The Hall–Kier alpha value is -3.04. The van der Waals surface area contributed by atoms with E-state index in [1.165, 1.54) is 0 Å². The third-order valence-electron chi connectivity index (χ3n) is 7.92. The molecule has 4 atom stereocenters. The molecule has 1 fully saturated rings. The van der Waals surface area contributed by atoms with Crippen LogP contribution in [-0.2, 0) is 21.7 Å². The molecule has 6 nitrogen and oxygen atoms in total. The molecule has 1 spiro atoms. The number of amides is 2. The van der Waals surface area contributed by atoms with E-state index < -0.39 is 31.6 Å². The largest absolute Gasteiger partial charge is 0.396 e. The van der Waals surface area contributed by atoms with Gasteiger partial charge in [-0.1, -0.05) is 48.9 Å². The van der Waals surface area contributed by atoms with Crippen molar-refractivity contribution in [2.75, 3.05) is 16.8 Å². The number of rotatable bonds is 7. The number of halogens is 2. The first-order valence-electron chi connectivity index (χ1n) is 13.1. The fraction of sp³-hybridized carbons (Fsp3) is 0.333. The summed E-state index contributed by atoms with van der Waals surface area (Å²) < 4.78 is 22.1. The van der Waals surface area contributed by atoms with E-state index in [4.69, 9.17) is 16.3 Å². The lowest BCUT2D eigenvalue weighted by atomic mass is 9.82. The second kappa shape index (κ2) is 10.5. The highest BCUT2D eigenvalue weighted by atomic mass is 35.5. The summed E-state index contributed by atoms with van der Waals surface area (Å²) in [5.41, 5.74) is 1.54. The number of aliphatic hydroxyl groups excluding tert-OH is 1. The van der Waals surface area contributed by atoms with Gasteiger partial charge in [-0.05, 0) is 67.5 Å². The van der Waals surface area contributed by atoms with Crippen LogP contribution in [0.15, 0.2) is 72.8 Å². The molecule has 0 saturated carbocycles. The predicted octanol–water partition coefficient (Wildman–Crippen LogP) is 6.30. The second-order valence-electron chi connectivity index (χ2n) is 10.9. The van der Waals surface area contributed by atoms with Crippen LogP contribution in [0.3, 0.4) is 0 Å². The molecule has 2 aliphatic rings. The zero-order valence-electron chi connectivity index (χ0n) is 22.2. The van der Waals surface area contributed by atoms with Crippen LogP contribution in [0, 0.1) is 5.92 Å². The topological polar surface area (TPSA) is 78.9 Å². The van der Waals surface area contributed by atoms with E-state index in [-0.39, 0.29) is 31.4 Å². The van der Waals surface area contributed by atoms with E-state index >= 15 is 4.11 Å². The molecule has 0 unspecified atom stereocenters. The molecule has 2 heterocycles. The molecule has 2 amide bonds. The Labute approximate surface area is 233 Å². The number of aliphatic hydroxyl groups is 1. The maximum Gasteiger partial charge on any atom is 0.264 e. The van der Waals surface area contributed by atoms with Crippen molar-refractivity contribution in [3.8, 4) is 0 Å². The molecule has 0 aromatic heterocycles. The lowest BCUT2D eigenvalue weighted by Gasteiger charge is -2.31. The standard InChI is InChI=1S/C30H32ClFN2O4Si/c1-19-27(39(2,3)32)26(15-16-35)38-30(19)24-17-22(31)11-14-25(24)34(29(30)37)18-20-9-12-23(13-10-20)33-28(36)21-7-5-4-6-8-21/h4-14,17,19,26-27,35H,15-16,18H2,1-3H3,(H,33,36)/t19-,26+,27-,30+/m0/s1. The number of anilines is 2. The van der Waals surface area contributed by atoms with Crippen LogP contribution in [-0.4, -0.2) is 38.0 Å². The van der Waals surface area contributed by atoms with E-state index in [2.05, 4.69) is 5.32 Å².